The van der Waals surface area contributed by atoms with Crippen LogP contribution in [0.3, 0.4) is 0 Å². The van der Waals surface area contributed by atoms with Crippen molar-refractivity contribution in [3.63, 3.8) is 0 Å². The third-order valence-electron chi connectivity index (χ3n) is 6.58. The Labute approximate surface area is 209 Å². The Bertz CT molecular complexity index is 1260. The van der Waals surface area contributed by atoms with Crippen LogP contribution in [0.4, 0.5) is 5.95 Å². The minimum absolute atomic E-state index is 0.00537. The number of hydrogen-bond donors (Lipinski definition) is 2. The van der Waals surface area contributed by atoms with E-state index in [1.807, 2.05) is 38.6 Å². The molecule has 1 aliphatic carbocycles. The van der Waals surface area contributed by atoms with Crippen LogP contribution in [0, 0.1) is 0 Å². The van der Waals surface area contributed by atoms with Gasteiger partial charge in [-0.25, -0.2) is 9.97 Å². The first-order valence-corrected chi connectivity index (χ1v) is 18.8. The Morgan fingerprint density at radius 2 is 2.03 bits per heavy atom. The van der Waals surface area contributed by atoms with Crippen LogP contribution in [-0.4, -0.2) is 60.3 Å². The normalized spacial score (nSPS) is 14.9. The first-order chi connectivity index (χ1) is 16.5. The predicted molar refractivity (Wildman–Crippen MR) is 148 cm³/mol. The van der Waals surface area contributed by atoms with E-state index in [0.29, 0.717) is 12.7 Å². The molecule has 0 spiro atoms. The van der Waals surface area contributed by atoms with Gasteiger partial charge >= 0.3 is 0 Å². The summed E-state index contributed by atoms with van der Waals surface area (Å²) in [6.45, 7) is 13.8. The van der Waals surface area contributed by atoms with E-state index in [-0.39, 0.29) is 12.6 Å². The highest BCUT2D eigenvalue weighted by molar-refractivity contribution is 7.70. The lowest BCUT2D eigenvalue weighted by Crippen LogP contribution is -2.22. The molecule has 0 aliphatic heterocycles. The average Bonchev–Trinajstić information content (AvgIpc) is 2.96. The largest absolute Gasteiger partial charge is 0.394 e. The summed E-state index contributed by atoms with van der Waals surface area (Å²) < 4.78 is 21.9. The topological polar surface area (TPSA) is 89.3 Å². The van der Waals surface area contributed by atoms with Crippen LogP contribution >= 0.6 is 7.14 Å². The summed E-state index contributed by atoms with van der Waals surface area (Å²) in [5.74, 6) is 0.512. The van der Waals surface area contributed by atoms with Crippen molar-refractivity contribution < 1.29 is 14.4 Å². The van der Waals surface area contributed by atoms with Crippen molar-refractivity contribution in [3.8, 4) is 11.3 Å². The molecule has 0 saturated heterocycles. The number of aromatic nitrogens is 3. The number of hydrogen-bond acceptors (Lipinski definition) is 6. The molecule has 190 valence electrons. The number of aliphatic hydroxyl groups excluding tert-OH is 1. The summed E-state index contributed by atoms with van der Waals surface area (Å²) >= 11 is 0. The smallest absolute Gasteiger partial charge is 0.223 e. The number of nitrogens with zero attached hydrogens (tertiary/aromatic N) is 3. The average molecular weight is 515 g/mol. The minimum Gasteiger partial charge on any atom is -0.394 e. The summed E-state index contributed by atoms with van der Waals surface area (Å²) in [7, 11) is -3.73. The number of benzene rings is 1. The van der Waals surface area contributed by atoms with Crippen molar-refractivity contribution >= 4 is 37.4 Å². The molecular formula is C26H39N4O3PSi. The van der Waals surface area contributed by atoms with E-state index in [4.69, 9.17) is 9.72 Å². The zero-order chi connectivity index (χ0) is 25.4. The number of para-hydroxylation sites is 1. The van der Waals surface area contributed by atoms with Gasteiger partial charge in [-0.15, -0.1) is 0 Å². The zero-order valence-electron chi connectivity index (χ0n) is 21.9. The molecule has 0 fully saturated rings. The molecule has 4 rings (SSSR count). The van der Waals surface area contributed by atoms with Crippen LogP contribution in [0.2, 0.25) is 25.7 Å². The van der Waals surface area contributed by atoms with E-state index in [1.54, 1.807) is 0 Å². The van der Waals surface area contributed by atoms with E-state index in [0.717, 1.165) is 64.9 Å². The van der Waals surface area contributed by atoms with Crippen LogP contribution in [0.1, 0.15) is 24.6 Å². The van der Waals surface area contributed by atoms with Crippen molar-refractivity contribution in [2.45, 2.75) is 64.6 Å². The lowest BCUT2D eigenvalue weighted by atomic mass is 10.0. The minimum atomic E-state index is -2.53. The monoisotopic (exact) mass is 514 g/mol. The van der Waals surface area contributed by atoms with Gasteiger partial charge in [0.2, 0.25) is 5.95 Å². The van der Waals surface area contributed by atoms with Crippen LogP contribution < -0.4 is 10.6 Å². The fourth-order valence-corrected chi connectivity index (χ4v) is 6.62. The van der Waals surface area contributed by atoms with E-state index in [1.165, 1.54) is 5.69 Å². The van der Waals surface area contributed by atoms with Gasteiger partial charge in [0.1, 0.15) is 13.9 Å². The summed E-state index contributed by atoms with van der Waals surface area (Å²) in [4.78, 5) is 9.45. The maximum atomic E-state index is 13.4. The standard InChI is InChI=1S/C26H39N4O3PSi/c1-18(16-31)28-26-27-15-19-9-7-11-21-23(24(19)29-26)20-10-8-12-22(34(2,3)32)25(20)30(21)17-33-13-14-35(4,5)6/h8,10,12,15,18,31H,7,9,11,13-14,16-17H2,1-6H3,(H,27,28,29)/t18-/m1/s1. The van der Waals surface area contributed by atoms with Crippen molar-refractivity contribution in [1.82, 2.24) is 14.5 Å². The van der Waals surface area contributed by atoms with Gasteiger partial charge < -0.3 is 24.3 Å². The molecule has 7 nitrogen and oxygen atoms in total. The zero-order valence-corrected chi connectivity index (χ0v) is 23.8. The fraction of sp³-hybridized carbons (Fsp3) is 0.538. The van der Waals surface area contributed by atoms with Gasteiger partial charge in [0.15, 0.2) is 0 Å². The molecule has 0 bridgehead atoms. The van der Waals surface area contributed by atoms with E-state index in [9.17, 15) is 9.67 Å². The van der Waals surface area contributed by atoms with Crippen LogP contribution in [0.25, 0.3) is 22.2 Å². The number of anilines is 1. The predicted octanol–water partition coefficient (Wildman–Crippen LogP) is 4.94. The summed E-state index contributed by atoms with van der Waals surface area (Å²) in [5.41, 5.74) is 5.33. The lowest BCUT2D eigenvalue weighted by molar-refractivity contribution is 0.0886. The van der Waals surface area contributed by atoms with Crippen LogP contribution in [-0.2, 0) is 28.9 Å². The SMILES string of the molecule is C[C@H](CO)Nc1ncc2c(n1)-c1c(n(COCC[Si](C)(C)C)c3c(P(C)(C)=O)cccc13)CCC2. The van der Waals surface area contributed by atoms with Gasteiger partial charge in [0.05, 0.1) is 17.8 Å². The first-order valence-electron chi connectivity index (χ1n) is 12.5. The Morgan fingerprint density at radius 1 is 1.26 bits per heavy atom. The van der Waals surface area contributed by atoms with E-state index in [2.05, 4.69) is 40.6 Å². The molecule has 3 aromatic rings. The third-order valence-corrected chi connectivity index (χ3v) is 9.80. The third kappa shape index (κ3) is 5.72. The molecule has 2 N–H and O–H groups in total. The first kappa shape index (κ1) is 26.1. The van der Waals surface area contributed by atoms with Gasteiger partial charge in [0.25, 0.3) is 0 Å². The Morgan fingerprint density at radius 3 is 2.71 bits per heavy atom. The number of ether oxygens (including phenoxy) is 1. The molecule has 9 heteroatoms. The molecule has 2 aromatic heterocycles. The van der Waals surface area contributed by atoms with E-state index < -0.39 is 15.2 Å². The number of rotatable bonds is 9. The fourth-order valence-electron chi connectivity index (χ4n) is 4.67. The van der Waals surface area contributed by atoms with Crippen LogP contribution in [0.15, 0.2) is 24.4 Å². The quantitative estimate of drug-likeness (QED) is 0.239. The molecule has 0 radical (unpaired) electrons. The van der Waals surface area contributed by atoms with Crippen molar-refractivity contribution in [2.24, 2.45) is 0 Å². The molecule has 35 heavy (non-hydrogen) atoms. The molecule has 1 aromatic carbocycles. The molecule has 2 heterocycles. The highest BCUT2D eigenvalue weighted by Gasteiger charge is 2.28. The molecule has 0 saturated carbocycles. The lowest BCUT2D eigenvalue weighted by Gasteiger charge is -2.18. The number of fused-ring (bicyclic) bond motifs is 5. The maximum absolute atomic E-state index is 13.4. The second-order valence-electron chi connectivity index (χ2n) is 11.3. The molecular weight excluding hydrogens is 475 g/mol. The van der Waals surface area contributed by atoms with Gasteiger partial charge in [0, 0.05) is 48.9 Å². The second kappa shape index (κ2) is 10.2. The molecule has 1 aliphatic rings. The Balaban J connectivity index is 1.89. The summed E-state index contributed by atoms with van der Waals surface area (Å²) in [5, 5.41) is 14.6. The van der Waals surface area contributed by atoms with Gasteiger partial charge in [-0.1, -0.05) is 31.8 Å². The second-order valence-corrected chi connectivity index (χ2v) is 20.1. The van der Waals surface area contributed by atoms with E-state index >= 15 is 0 Å². The van der Waals surface area contributed by atoms with Crippen LogP contribution in [0.5, 0.6) is 0 Å². The number of aryl methyl sites for hydroxylation is 1. The maximum Gasteiger partial charge on any atom is 0.223 e. The van der Waals surface area contributed by atoms with Crippen molar-refractivity contribution in [1.29, 1.82) is 0 Å². The number of aliphatic hydroxyl groups is 1. The van der Waals surface area contributed by atoms with Gasteiger partial charge in [-0.05, 0) is 57.2 Å². The Kier molecular flexibility index (Phi) is 7.58. The highest BCUT2D eigenvalue weighted by Crippen LogP contribution is 2.44. The van der Waals surface area contributed by atoms with Crippen molar-refractivity contribution in [3.05, 3.63) is 35.7 Å². The summed E-state index contributed by atoms with van der Waals surface area (Å²) in [6.07, 6.45) is 4.69. The van der Waals surface area contributed by atoms with Crippen molar-refractivity contribution in [2.75, 3.05) is 31.9 Å². The van der Waals surface area contributed by atoms with Gasteiger partial charge in [-0.2, -0.15) is 0 Å². The molecule has 0 amide bonds. The Hall–Kier alpha value is -1.99. The highest BCUT2D eigenvalue weighted by atomic mass is 31.2. The molecule has 0 unspecified atom stereocenters. The van der Waals surface area contributed by atoms with Gasteiger partial charge in [-0.3, -0.25) is 0 Å². The number of nitrogens with one attached hydrogen (secondary N) is 1. The summed E-state index contributed by atoms with van der Waals surface area (Å²) in [6, 6.07) is 7.09. The molecule has 1 atom stereocenters.